The Labute approximate surface area is 238 Å². The highest BCUT2D eigenvalue weighted by atomic mass is 19.4. The summed E-state index contributed by atoms with van der Waals surface area (Å²) < 4.78 is 84.9. The van der Waals surface area contributed by atoms with E-state index < -0.39 is 29.4 Å². The van der Waals surface area contributed by atoms with Crippen molar-refractivity contribution in [1.82, 2.24) is 10.3 Å². The summed E-state index contributed by atoms with van der Waals surface area (Å²) in [5.41, 5.74) is -1.62. The first-order valence-corrected chi connectivity index (χ1v) is 13.3. The van der Waals surface area contributed by atoms with Gasteiger partial charge in [0, 0.05) is 30.1 Å². The van der Waals surface area contributed by atoms with E-state index in [9.17, 15) is 35.9 Å². The van der Waals surface area contributed by atoms with Crippen molar-refractivity contribution >= 4 is 11.9 Å². The summed E-state index contributed by atoms with van der Waals surface area (Å²) in [7, 11) is 0. The van der Waals surface area contributed by atoms with Gasteiger partial charge in [-0.1, -0.05) is 19.3 Å². The van der Waals surface area contributed by atoms with E-state index >= 15 is 0 Å². The normalized spacial score (nSPS) is 11.8. The Morgan fingerprint density at radius 3 is 2.02 bits per heavy atom. The Bertz CT molecular complexity index is 1310. The van der Waals surface area contributed by atoms with Crippen LogP contribution in [0, 0.1) is 0 Å². The predicted molar refractivity (Wildman–Crippen MR) is 143 cm³/mol. The summed E-state index contributed by atoms with van der Waals surface area (Å²) in [6.45, 7) is 0.522. The molecule has 0 bridgehead atoms. The second kappa shape index (κ2) is 14.7. The number of ether oxygens (including phenoxy) is 1. The van der Waals surface area contributed by atoms with E-state index in [1.165, 1.54) is 6.20 Å². The summed E-state index contributed by atoms with van der Waals surface area (Å²) in [4.78, 5) is 26.5. The fourth-order valence-electron chi connectivity index (χ4n) is 4.14. The van der Waals surface area contributed by atoms with Gasteiger partial charge in [0.1, 0.15) is 5.75 Å². The van der Waals surface area contributed by atoms with E-state index in [-0.39, 0.29) is 36.1 Å². The van der Waals surface area contributed by atoms with Crippen LogP contribution in [0.3, 0.4) is 0 Å². The van der Waals surface area contributed by atoms with E-state index in [2.05, 4.69) is 10.3 Å². The molecule has 0 aliphatic rings. The van der Waals surface area contributed by atoms with Crippen molar-refractivity contribution in [2.45, 2.75) is 57.3 Å². The van der Waals surface area contributed by atoms with Crippen molar-refractivity contribution in [2.24, 2.45) is 0 Å². The van der Waals surface area contributed by atoms with Crippen molar-refractivity contribution < 1.29 is 45.8 Å². The van der Waals surface area contributed by atoms with Gasteiger partial charge < -0.3 is 15.2 Å². The number of aromatic nitrogens is 1. The zero-order valence-electron chi connectivity index (χ0n) is 22.5. The van der Waals surface area contributed by atoms with Gasteiger partial charge in [-0.05, 0) is 78.9 Å². The molecule has 3 rings (SSSR count). The average molecular weight is 597 g/mol. The van der Waals surface area contributed by atoms with Gasteiger partial charge in [0.15, 0.2) is 0 Å². The number of nitrogens with zero attached hydrogens (tertiary/aromatic N) is 1. The van der Waals surface area contributed by atoms with Crippen LogP contribution in [0.4, 0.5) is 26.3 Å². The number of amides is 1. The highest BCUT2D eigenvalue weighted by molar-refractivity contribution is 5.94. The Morgan fingerprint density at radius 1 is 0.786 bits per heavy atom. The number of carbonyl (C=O) groups is 2. The topological polar surface area (TPSA) is 88.5 Å². The Kier molecular flexibility index (Phi) is 11.3. The minimum absolute atomic E-state index is 0.0433. The lowest BCUT2D eigenvalue weighted by molar-refractivity contribution is -0.143. The van der Waals surface area contributed by atoms with Crippen LogP contribution in [0.25, 0.3) is 11.1 Å². The maximum absolute atomic E-state index is 13.2. The zero-order valence-corrected chi connectivity index (χ0v) is 22.5. The van der Waals surface area contributed by atoms with Crippen LogP contribution in [0.2, 0.25) is 0 Å². The smallest absolute Gasteiger partial charge is 0.416 e. The third-order valence-electron chi connectivity index (χ3n) is 6.34. The molecule has 12 heteroatoms. The molecule has 3 aromatic rings. The number of hydrogen-bond donors (Lipinski definition) is 2. The molecular weight excluding hydrogens is 566 g/mol. The molecular formula is C30H30F6N2O4. The third-order valence-corrected chi connectivity index (χ3v) is 6.34. The van der Waals surface area contributed by atoms with Crippen LogP contribution < -0.4 is 10.1 Å². The minimum atomic E-state index is -4.92. The van der Waals surface area contributed by atoms with Crippen molar-refractivity contribution in [1.29, 1.82) is 0 Å². The van der Waals surface area contributed by atoms with E-state index in [1.807, 2.05) is 0 Å². The first kappa shape index (κ1) is 32.4. The van der Waals surface area contributed by atoms with Gasteiger partial charge in [0.25, 0.3) is 5.91 Å². The molecule has 2 N–H and O–H groups in total. The van der Waals surface area contributed by atoms with Gasteiger partial charge >= 0.3 is 18.3 Å². The summed E-state index contributed by atoms with van der Waals surface area (Å²) in [5, 5.41) is 11.1. The molecule has 0 saturated heterocycles. The molecule has 1 amide bonds. The van der Waals surface area contributed by atoms with Crippen LogP contribution in [0.15, 0.2) is 60.9 Å². The fraction of sp³-hybridized carbons (Fsp3) is 0.367. The molecule has 0 unspecified atom stereocenters. The number of carboxylic acids is 1. The number of aliphatic carboxylic acids is 1. The van der Waals surface area contributed by atoms with Crippen molar-refractivity contribution in [3.8, 4) is 16.9 Å². The average Bonchev–Trinajstić information content (AvgIpc) is 2.93. The first-order chi connectivity index (χ1) is 19.8. The van der Waals surface area contributed by atoms with Gasteiger partial charge in [-0.15, -0.1) is 0 Å². The number of unbranched alkanes of at least 4 members (excludes halogenated alkanes) is 4. The minimum Gasteiger partial charge on any atom is -0.494 e. The standard InChI is InChI=1S/C30H30F6N2O4/c31-29(32,33)24-15-22(16-25(17-24)30(34,35)36)23-14-20(18-37-19-23)6-4-2-1-3-5-13-42-26-9-7-21(8-10-26)28(41)38-12-11-27(39)40/h7-10,14-19H,1-6,11-13H2,(H,38,41)(H,39,40). The van der Waals surface area contributed by atoms with Gasteiger partial charge in [0.05, 0.1) is 24.2 Å². The van der Waals surface area contributed by atoms with E-state index in [4.69, 9.17) is 9.84 Å². The molecule has 0 radical (unpaired) electrons. The van der Waals surface area contributed by atoms with Crippen molar-refractivity contribution in [3.63, 3.8) is 0 Å². The number of alkyl halides is 6. The van der Waals surface area contributed by atoms with Crippen molar-refractivity contribution in [2.75, 3.05) is 13.2 Å². The molecule has 2 aromatic carbocycles. The number of carbonyl (C=O) groups excluding carboxylic acids is 1. The number of aryl methyl sites for hydroxylation is 1. The van der Waals surface area contributed by atoms with Gasteiger partial charge in [-0.3, -0.25) is 14.6 Å². The number of pyridine rings is 1. The molecule has 0 saturated carbocycles. The van der Waals surface area contributed by atoms with Crippen LogP contribution in [-0.4, -0.2) is 35.1 Å². The molecule has 1 aromatic heterocycles. The molecule has 1 heterocycles. The van der Waals surface area contributed by atoms with E-state index in [0.717, 1.165) is 37.7 Å². The molecule has 0 spiro atoms. The molecule has 0 fully saturated rings. The zero-order chi connectivity index (χ0) is 30.8. The second-order valence-corrected chi connectivity index (χ2v) is 9.67. The summed E-state index contributed by atoms with van der Waals surface area (Å²) in [6.07, 6.45) is -2.34. The third kappa shape index (κ3) is 10.4. The van der Waals surface area contributed by atoms with Crippen molar-refractivity contribution in [3.05, 3.63) is 83.2 Å². The number of benzene rings is 2. The molecule has 0 aliphatic heterocycles. The number of hydrogen-bond acceptors (Lipinski definition) is 4. The Morgan fingerprint density at radius 2 is 1.40 bits per heavy atom. The van der Waals surface area contributed by atoms with Crippen LogP contribution in [0.1, 0.15) is 65.6 Å². The fourth-order valence-corrected chi connectivity index (χ4v) is 4.14. The molecule has 226 valence electrons. The summed E-state index contributed by atoms with van der Waals surface area (Å²) in [6, 6.07) is 9.60. The highest BCUT2D eigenvalue weighted by Crippen LogP contribution is 2.38. The SMILES string of the molecule is O=C(O)CCNC(=O)c1ccc(OCCCCCCCc2cncc(-c3cc(C(F)(F)F)cc(C(F)(F)F)c3)c2)cc1. The maximum Gasteiger partial charge on any atom is 0.416 e. The lowest BCUT2D eigenvalue weighted by Crippen LogP contribution is -2.25. The summed E-state index contributed by atoms with van der Waals surface area (Å²) >= 11 is 0. The lowest BCUT2D eigenvalue weighted by Gasteiger charge is -2.14. The first-order valence-electron chi connectivity index (χ1n) is 13.3. The van der Waals surface area contributed by atoms with Crippen LogP contribution in [0.5, 0.6) is 5.75 Å². The highest BCUT2D eigenvalue weighted by Gasteiger charge is 2.37. The maximum atomic E-state index is 13.2. The largest absolute Gasteiger partial charge is 0.494 e. The summed E-state index contributed by atoms with van der Waals surface area (Å²) in [5.74, 6) is -0.753. The van der Waals surface area contributed by atoms with Gasteiger partial charge in [-0.25, -0.2) is 0 Å². The Hall–Kier alpha value is -4.09. The predicted octanol–water partition coefficient (Wildman–Crippen LogP) is 7.56. The van der Waals surface area contributed by atoms with Gasteiger partial charge in [-0.2, -0.15) is 26.3 Å². The van der Waals surface area contributed by atoms with Gasteiger partial charge in [0.2, 0.25) is 0 Å². The molecule has 42 heavy (non-hydrogen) atoms. The monoisotopic (exact) mass is 596 g/mol. The lowest BCUT2D eigenvalue weighted by atomic mass is 9.98. The van der Waals surface area contributed by atoms with E-state index in [1.54, 1.807) is 36.5 Å². The second-order valence-electron chi connectivity index (χ2n) is 9.67. The number of nitrogens with one attached hydrogen (secondary N) is 1. The van der Waals surface area contributed by atoms with Crippen LogP contribution >= 0.6 is 0 Å². The van der Waals surface area contributed by atoms with E-state index in [0.29, 0.717) is 36.5 Å². The quantitative estimate of drug-likeness (QED) is 0.148. The molecule has 6 nitrogen and oxygen atoms in total. The Balaban J connectivity index is 1.40. The molecule has 0 aliphatic carbocycles. The number of rotatable bonds is 14. The number of carboxylic acid groups (broad SMARTS) is 1. The molecule has 0 atom stereocenters. The number of halogens is 6. The van der Waals surface area contributed by atoms with Crippen LogP contribution in [-0.2, 0) is 23.6 Å².